The van der Waals surface area contributed by atoms with E-state index in [1.807, 2.05) is 12.1 Å². The summed E-state index contributed by atoms with van der Waals surface area (Å²) in [4.78, 5) is 2.23. The Bertz CT molecular complexity index is 721. The molecule has 0 bridgehead atoms. The lowest BCUT2D eigenvalue weighted by atomic mass is 10.1. The van der Waals surface area contributed by atoms with Crippen molar-refractivity contribution >= 4 is 22.7 Å². The number of anilines is 4. The number of hydrogen-bond donors (Lipinski definition) is 2. The Morgan fingerprint density at radius 3 is 1.28 bits per heavy atom. The molecular weight excluding hydrogens is 308 g/mol. The van der Waals surface area contributed by atoms with Gasteiger partial charge in [-0.15, -0.1) is 0 Å². The molecule has 4 heteroatoms. The SMILES string of the molecule is Cc1ccc(N(c2ccc(C)cc2)c2ccc(N)cc2)cc1.N#CN. The maximum absolute atomic E-state index is 7.10. The van der Waals surface area contributed by atoms with Gasteiger partial charge in [0.05, 0.1) is 0 Å². The molecule has 0 saturated carbocycles. The normalized spacial score (nSPS) is 9.48. The molecular formula is C21H22N4. The van der Waals surface area contributed by atoms with E-state index in [0.717, 1.165) is 22.7 Å². The molecule has 3 rings (SSSR count). The summed E-state index contributed by atoms with van der Waals surface area (Å²) in [5.74, 6) is 0. The van der Waals surface area contributed by atoms with Crippen LogP contribution in [0.3, 0.4) is 0 Å². The molecule has 3 aromatic carbocycles. The number of benzene rings is 3. The first-order valence-electron chi connectivity index (χ1n) is 7.94. The van der Waals surface area contributed by atoms with Gasteiger partial charge in [0.25, 0.3) is 0 Å². The van der Waals surface area contributed by atoms with Crippen molar-refractivity contribution in [3.8, 4) is 6.19 Å². The molecule has 0 aliphatic heterocycles. The molecule has 4 N–H and O–H groups in total. The maximum atomic E-state index is 7.10. The summed E-state index contributed by atoms with van der Waals surface area (Å²) in [5, 5.41) is 7.10. The van der Waals surface area contributed by atoms with Crippen molar-refractivity contribution in [3.05, 3.63) is 83.9 Å². The van der Waals surface area contributed by atoms with Gasteiger partial charge in [-0.05, 0) is 62.4 Å². The number of nitriles is 1. The average molecular weight is 330 g/mol. The van der Waals surface area contributed by atoms with Gasteiger partial charge in [0, 0.05) is 22.7 Å². The Labute approximate surface area is 148 Å². The standard InChI is InChI=1S/C20H20N2.CH2N2/c1-15-3-9-18(10-4-15)22(19-11-5-16(2)6-12-19)20-13-7-17(21)8-14-20;2-1-3/h3-14H,21H2,1-2H3;2H2. The van der Waals surface area contributed by atoms with Crippen LogP contribution in [0, 0.1) is 25.3 Å². The van der Waals surface area contributed by atoms with E-state index in [2.05, 4.69) is 85.1 Å². The fourth-order valence-corrected chi connectivity index (χ4v) is 2.46. The van der Waals surface area contributed by atoms with E-state index in [1.165, 1.54) is 17.3 Å². The largest absolute Gasteiger partial charge is 0.399 e. The lowest BCUT2D eigenvalue weighted by Gasteiger charge is -2.25. The molecule has 0 aromatic heterocycles. The molecule has 4 nitrogen and oxygen atoms in total. The van der Waals surface area contributed by atoms with Crippen molar-refractivity contribution < 1.29 is 0 Å². The molecule has 126 valence electrons. The van der Waals surface area contributed by atoms with Gasteiger partial charge in [0.15, 0.2) is 6.19 Å². The number of hydrogen-bond acceptors (Lipinski definition) is 4. The van der Waals surface area contributed by atoms with Gasteiger partial charge in [0.1, 0.15) is 0 Å². The fourth-order valence-electron chi connectivity index (χ4n) is 2.46. The first-order chi connectivity index (χ1) is 12.0. The molecule has 0 aliphatic rings. The summed E-state index contributed by atoms with van der Waals surface area (Å²) in [5.41, 5.74) is 16.6. The van der Waals surface area contributed by atoms with Crippen LogP contribution in [0.15, 0.2) is 72.8 Å². The molecule has 3 aromatic rings. The predicted octanol–water partition coefficient (Wildman–Crippen LogP) is 4.78. The van der Waals surface area contributed by atoms with Crippen molar-refractivity contribution in [2.45, 2.75) is 13.8 Å². The third kappa shape index (κ3) is 4.76. The molecule has 25 heavy (non-hydrogen) atoms. The van der Waals surface area contributed by atoms with E-state index in [4.69, 9.17) is 11.0 Å². The van der Waals surface area contributed by atoms with Crippen LogP contribution in [0.25, 0.3) is 0 Å². The zero-order chi connectivity index (χ0) is 18.2. The molecule has 0 fully saturated rings. The topological polar surface area (TPSA) is 79.1 Å². The first-order valence-corrected chi connectivity index (χ1v) is 7.94. The molecule has 0 unspecified atom stereocenters. The Balaban J connectivity index is 0.000000701. The quantitative estimate of drug-likeness (QED) is 0.411. The van der Waals surface area contributed by atoms with Crippen molar-refractivity contribution in [1.82, 2.24) is 0 Å². The van der Waals surface area contributed by atoms with E-state index < -0.39 is 0 Å². The van der Waals surface area contributed by atoms with Gasteiger partial charge < -0.3 is 16.4 Å². The Morgan fingerprint density at radius 1 is 0.680 bits per heavy atom. The van der Waals surface area contributed by atoms with Crippen LogP contribution in [0.2, 0.25) is 0 Å². The Morgan fingerprint density at radius 2 is 0.960 bits per heavy atom. The number of rotatable bonds is 3. The summed E-state index contributed by atoms with van der Waals surface area (Å²) in [6, 6.07) is 25.1. The molecule has 0 spiro atoms. The van der Waals surface area contributed by atoms with Crippen molar-refractivity contribution in [1.29, 1.82) is 5.26 Å². The summed E-state index contributed by atoms with van der Waals surface area (Å²) in [7, 11) is 0. The summed E-state index contributed by atoms with van der Waals surface area (Å²) in [6.07, 6.45) is 1.25. The van der Waals surface area contributed by atoms with Gasteiger partial charge in [-0.25, -0.2) is 0 Å². The second kappa shape index (κ2) is 8.42. The third-order valence-electron chi connectivity index (χ3n) is 3.74. The lowest BCUT2D eigenvalue weighted by molar-refractivity contribution is 1.27. The van der Waals surface area contributed by atoms with Crippen molar-refractivity contribution in [2.24, 2.45) is 5.73 Å². The molecule has 0 aliphatic carbocycles. The van der Waals surface area contributed by atoms with Crippen LogP contribution in [0.1, 0.15) is 11.1 Å². The minimum atomic E-state index is 0.775. The molecule has 0 radical (unpaired) electrons. The first kappa shape index (κ1) is 17.9. The van der Waals surface area contributed by atoms with Gasteiger partial charge in [-0.2, -0.15) is 5.26 Å². The smallest absolute Gasteiger partial charge is 0.173 e. The van der Waals surface area contributed by atoms with Crippen molar-refractivity contribution in [2.75, 3.05) is 10.6 Å². The summed E-state index contributed by atoms with van der Waals surface area (Å²) in [6.45, 7) is 4.20. The predicted molar refractivity (Wildman–Crippen MR) is 105 cm³/mol. The van der Waals surface area contributed by atoms with Gasteiger partial charge in [0.2, 0.25) is 0 Å². The number of nitrogen functional groups attached to an aromatic ring is 1. The van der Waals surface area contributed by atoms with Crippen LogP contribution < -0.4 is 16.4 Å². The summed E-state index contributed by atoms with van der Waals surface area (Å²) < 4.78 is 0. The highest BCUT2D eigenvalue weighted by Crippen LogP contribution is 2.34. The second-order valence-electron chi connectivity index (χ2n) is 5.73. The minimum absolute atomic E-state index is 0.775. The van der Waals surface area contributed by atoms with E-state index in [9.17, 15) is 0 Å². The summed E-state index contributed by atoms with van der Waals surface area (Å²) >= 11 is 0. The van der Waals surface area contributed by atoms with Crippen LogP contribution in [0.5, 0.6) is 0 Å². The molecule has 0 heterocycles. The second-order valence-corrected chi connectivity index (χ2v) is 5.73. The molecule has 0 saturated heterocycles. The zero-order valence-electron chi connectivity index (χ0n) is 14.5. The van der Waals surface area contributed by atoms with Crippen LogP contribution in [0.4, 0.5) is 22.7 Å². The Kier molecular flexibility index (Phi) is 6.02. The van der Waals surface area contributed by atoms with Gasteiger partial charge >= 0.3 is 0 Å². The zero-order valence-corrected chi connectivity index (χ0v) is 14.5. The van der Waals surface area contributed by atoms with Gasteiger partial charge in [-0.1, -0.05) is 35.4 Å². The van der Waals surface area contributed by atoms with E-state index in [-0.39, 0.29) is 0 Å². The van der Waals surface area contributed by atoms with Crippen LogP contribution >= 0.6 is 0 Å². The molecule has 0 amide bonds. The van der Waals surface area contributed by atoms with E-state index in [1.54, 1.807) is 0 Å². The van der Waals surface area contributed by atoms with Crippen molar-refractivity contribution in [3.63, 3.8) is 0 Å². The number of nitrogens with two attached hydrogens (primary N) is 2. The highest BCUT2D eigenvalue weighted by atomic mass is 15.1. The number of nitrogens with zero attached hydrogens (tertiary/aromatic N) is 2. The Hall–Kier alpha value is -3.45. The third-order valence-corrected chi connectivity index (χ3v) is 3.74. The number of aryl methyl sites for hydroxylation is 2. The maximum Gasteiger partial charge on any atom is 0.173 e. The minimum Gasteiger partial charge on any atom is -0.399 e. The van der Waals surface area contributed by atoms with Crippen LogP contribution in [-0.4, -0.2) is 0 Å². The average Bonchev–Trinajstić information content (AvgIpc) is 2.61. The van der Waals surface area contributed by atoms with E-state index >= 15 is 0 Å². The highest BCUT2D eigenvalue weighted by Gasteiger charge is 2.11. The highest BCUT2D eigenvalue weighted by molar-refractivity contribution is 5.77. The van der Waals surface area contributed by atoms with E-state index in [0.29, 0.717) is 0 Å². The molecule has 0 atom stereocenters. The fraction of sp³-hybridized carbons (Fsp3) is 0.0952. The van der Waals surface area contributed by atoms with Gasteiger partial charge in [-0.3, -0.25) is 0 Å². The lowest BCUT2D eigenvalue weighted by Crippen LogP contribution is -2.09. The monoisotopic (exact) mass is 330 g/mol. The van der Waals surface area contributed by atoms with Crippen LogP contribution in [-0.2, 0) is 0 Å².